The molecule has 0 aliphatic heterocycles. The molecular weight excluding hydrogens is 256 g/mol. The molecule has 0 aromatic carbocycles. The van der Waals surface area contributed by atoms with Gasteiger partial charge in [-0.2, -0.15) is 5.10 Å². The van der Waals surface area contributed by atoms with Crippen LogP contribution in [0.5, 0.6) is 0 Å². The van der Waals surface area contributed by atoms with Crippen molar-refractivity contribution in [2.45, 2.75) is 52.5 Å². The molecule has 114 valence electrons. The molecule has 0 bridgehead atoms. The van der Waals surface area contributed by atoms with Crippen molar-refractivity contribution < 1.29 is 4.92 Å². The molecule has 0 aliphatic rings. The van der Waals surface area contributed by atoms with Gasteiger partial charge < -0.3 is 5.32 Å². The molecule has 0 aliphatic carbocycles. The van der Waals surface area contributed by atoms with E-state index < -0.39 is 0 Å². The van der Waals surface area contributed by atoms with Crippen molar-refractivity contribution in [3.63, 3.8) is 0 Å². The van der Waals surface area contributed by atoms with Gasteiger partial charge in [-0.05, 0) is 26.3 Å². The second-order valence-electron chi connectivity index (χ2n) is 5.66. The van der Waals surface area contributed by atoms with E-state index in [1.807, 2.05) is 14.0 Å². The molecule has 0 saturated carbocycles. The van der Waals surface area contributed by atoms with Crippen LogP contribution in [0.25, 0.3) is 0 Å². The van der Waals surface area contributed by atoms with Crippen LogP contribution in [0.3, 0.4) is 0 Å². The van der Waals surface area contributed by atoms with E-state index in [1.165, 1.54) is 0 Å². The van der Waals surface area contributed by atoms with Crippen LogP contribution in [-0.2, 0) is 13.5 Å². The van der Waals surface area contributed by atoms with Crippen LogP contribution in [0.1, 0.15) is 51.4 Å². The Morgan fingerprint density at radius 3 is 2.40 bits per heavy atom. The third-order valence-corrected chi connectivity index (χ3v) is 3.83. The molecule has 2 unspecified atom stereocenters. The zero-order chi connectivity index (χ0) is 15.4. The fraction of sp³-hybridized carbons (Fsp3) is 0.786. The molecule has 1 heterocycles. The Morgan fingerprint density at radius 2 is 2.00 bits per heavy atom. The van der Waals surface area contributed by atoms with Crippen molar-refractivity contribution in [2.24, 2.45) is 13.0 Å². The van der Waals surface area contributed by atoms with Gasteiger partial charge in [0.2, 0.25) is 0 Å². The minimum Gasteiger partial charge on any atom is -0.317 e. The van der Waals surface area contributed by atoms with Gasteiger partial charge in [-0.25, -0.2) is 0 Å². The molecular formula is C14H26N4O2. The van der Waals surface area contributed by atoms with Crippen molar-refractivity contribution in [3.8, 4) is 0 Å². The summed E-state index contributed by atoms with van der Waals surface area (Å²) in [6.07, 6.45) is 1.49. The molecule has 6 heteroatoms. The highest BCUT2D eigenvalue weighted by molar-refractivity contribution is 5.44. The predicted molar refractivity (Wildman–Crippen MR) is 80.0 cm³/mol. The molecule has 0 radical (unpaired) electrons. The van der Waals surface area contributed by atoms with Crippen molar-refractivity contribution in [1.82, 2.24) is 15.1 Å². The fourth-order valence-electron chi connectivity index (χ4n) is 2.87. The van der Waals surface area contributed by atoms with Gasteiger partial charge in [0.05, 0.1) is 4.92 Å². The van der Waals surface area contributed by atoms with Gasteiger partial charge in [0.15, 0.2) is 0 Å². The number of hydrogen-bond acceptors (Lipinski definition) is 4. The van der Waals surface area contributed by atoms with Crippen molar-refractivity contribution in [2.75, 3.05) is 7.05 Å². The minimum atomic E-state index is -0.273. The monoisotopic (exact) mass is 282 g/mol. The van der Waals surface area contributed by atoms with Gasteiger partial charge in [0.1, 0.15) is 11.4 Å². The Hall–Kier alpha value is -1.43. The first-order valence-electron chi connectivity index (χ1n) is 7.22. The van der Waals surface area contributed by atoms with E-state index in [0.29, 0.717) is 18.0 Å². The molecule has 2 atom stereocenters. The topological polar surface area (TPSA) is 73.0 Å². The number of aromatic nitrogens is 2. The SMILES string of the molecule is CCCc1nn(C)c(C(C(C)C)C(C)NC)c1[N+](=O)[O-]. The maximum absolute atomic E-state index is 11.5. The molecule has 6 nitrogen and oxygen atoms in total. The number of nitrogens with one attached hydrogen (secondary N) is 1. The Kier molecular flexibility index (Phi) is 5.68. The first kappa shape index (κ1) is 16.6. The number of likely N-dealkylation sites (N-methyl/N-ethyl adjacent to an activating group) is 1. The molecule has 0 fully saturated rings. The average Bonchev–Trinajstić information content (AvgIpc) is 2.66. The number of nitrogens with zero attached hydrogens (tertiary/aromatic N) is 3. The number of hydrogen-bond donors (Lipinski definition) is 1. The summed E-state index contributed by atoms with van der Waals surface area (Å²) in [5, 5.41) is 19.1. The van der Waals surface area contributed by atoms with E-state index in [0.717, 1.165) is 12.1 Å². The van der Waals surface area contributed by atoms with Crippen molar-refractivity contribution in [1.29, 1.82) is 0 Å². The Bertz CT molecular complexity index is 468. The van der Waals surface area contributed by atoms with Gasteiger partial charge in [-0.15, -0.1) is 0 Å². The molecule has 1 rings (SSSR count). The molecule has 0 amide bonds. The van der Waals surface area contributed by atoms with Crippen LogP contribution in [0.2, 0.25) is 0 Å². The lowest BCUT2D eigenvalue weighted by Crippen LogP contribution is -2.33. The Morgan fingerprint density at radius 1 is 1.40 bits per heavy atom. The van der Waals surface area contributed by atoms with Crippen LogP contribution in [0, 0.1) is 16.0 Å². The second-order valence-corrected chi connectivity index (χ2v) is 5.66. The minimum absolute atomic E-state index is 0.0588. The van der Waals surface area contributed by atoms with Crippen molar-refractivity contribution in [3.05, 3.63) is 21.5 Å². The first-order chi connectivity index (χ1) is 9.34. The second kappa shape index (κ2) is 6.83. The van der Waals surface area contributed by atoms with Crippen LogP contribution >= 0.6 is 0 Å². The third kappa shape index (κ3) is 3.17. The fourth-order valence-corrected chi connectivity index (χ4v) is 2.87. The highest BCUT2D eigenvalue weighted by Crippen LogP contribution is 2.36. The molecule has 1 aromatic rings. The van der Waals surface area contributed by atoms with E-state index in [1.54, 1.807) is 11.7 Å². The zero-order valence-corrected chi connectivity index (χ0v) is 13.3. The van der Waals surface area contributed by atoms with E-state index in [-0.39, 0.29) is 22.6 Å². The van der Waals surface area contributed by atoms with Gasteiger partial charge in [-0.3, -0.25) is 14.8 Å². The van der Waals surface area contributed by atoms with Crippen LogP contribution in [-0.4, -0.2) is 27.8 Å². The lowest BCUT2D eigenvalue weighted by molar-refractivity contribution is -0.386. The summed E-state index contributed by atoms with van der Waals surface area (Å²) >= 11 is 0. The summed E-state index contributed by atoms with van der Waals surface area (Å²) in [4.78, 5) is 11.2. The Balaban J connectivity index is 3.44. The van der Waals surface area contributed by atoms with E-state index in [4.69, 9.17) is 0 Å². The number of rotatable bonds is 7. The summed E-state index contributed by atoms with van der Waals surface area (Å²) in [6.45, 7) is 8.25. The van der Waals surface area contributed by atoms with Gasteiger partial charge in [-0.1, -0.05) is 27.2 Å². The first-order valence-corrected chi connectivity index (χ1v) is 7.22. The predicted octanol–water partition coefficient (Wildman–Crippen LogP) is 2.63. The van der Waals surface area contributed by atoms with Gasteiger partial charge in [0, 0.05) is 19.0 Å². The number of nitro groups is 1. The lowest BCUT2D eigenvalue weighted by atomic mass is 9.85. The van der Waals surface area contributed by atoms with E-state index in [2.05, 4.69) is 31.2 Å². The Labute approximate surface area is 120 Å². The third-order valence-electron chi connectivity index (χ3n) is 3.83. The molecule has 20 heavy (non-hydrogen) atoms. The van der Waals surface area contributed by atoms with Crippen LogP contribution in [0.15, 0.2) is 0 Å². The molecule has 0 saturated heterocycles. The quantitative estimate of drug-likeness (QED) is 0.616. The summed E-state index contributed by atoms with van der Waals surface area (Å²) < 4.78 is 1.70. The van der Waals surface area contributed by atoms with E-state index >= 15 is 0 Å². The normalized spacial score (nSPS) is 14.6. The molecule has 0 spiro atoms. The maximum atomic E-state index is 11.5. The van der Waals surface area contributed by atoms with Crippen molar-refractivity contribution >= 4 is 5.69 Å². The molecule has 1 aromatic heterocycles. The smallest absolute Gasteiger partial charge is 0.313 e. The number of aryl methyl sites for hydroxylation is 2. The highest BCUT2D eigenvalue weighted by atomic mass is 16.6. The average molecular weight is 282 g/mol. The lowest BCUT2D eigenvalue weighted by Gasteiger charge is -2.26. The highest BCUT2D eigenvalue weighted by Gasteiger charge is 2.35. The van der Waals surface area contributed by atoms with Gasteiger partial charge in [0.25, 0.3) is 0 Å². The van der Waals surface area contributed by atoms with E-state index in [9.17, 15) is 10.1 Å². The maximum Gasteiger partial charge on any atom is 0.313 e. The summed E-state index contributed by atoms with van der Waals surface area (Å²) in [6, 6.07) is 0.151. The summed E-state index contributed by atoms with van der Waals surface area (Å²) in [7, 11) is 3.69. The van der Waals surface area contributed by atoms with Crippen LogP contribution < -0.4 is 5.32 Å². The molecule has 1 N–H and O–H groups in total. The van der Waals surface area contributed by atoms with Gasteiger partial charge >= 0.3 is 5.69 Å². The largest absolute Gasteiger partial charge is 0.317 e. The summed E-state index contributed by atoms with van der Waals surface area (Å²) in [5.74, 6) is 0.351. The summed E-state index contributed by atoms with van der Waals surface area (Å²) in [5.41, 5.74) is 1.54. The standard InChI is InChI=1S/C14H26N4O2/c1-7-8-11-13(18(19)20)14(17(6)16-11)12(9(2)3)10(4)15-5/h9-10,12,15H,7-8H2,1-6H3. The van der Waals surface area contributed by atoms with Crippen LogP contribution in [0.4, 0.5) is 5.69 Å². The zero-order valence-electron chi connectivity index (χ0n) is 13.3.